The molecule has 94 valence electrons. The molecule has 1 unspecified atom stereocenters. The Bertz CT molecular complexity index is 354. The maximum atomic E-state index is 10.9. The van der Waals surface area contributed by atoms with Crippen molar-refractivity contribution in [1.29, 1.82) is 0 Å². The van der Waals surface area contributed by atoms with E-state index in [1.807, 2.05) is 18.2 Å². The normalized spacial score (nSPS) is 13.4. The zero-order valence-electron chi connectivity index (χ0n) is 10.9. The molecule has 1 atom stereocenters. The van der Waals surface area contributed by atoms with Crippen LogP contribution >= 0.6 is 0 Å². The van der Waals surface area contributed by atoms with Gasteiger partial charge < -0.3 is 11.1 Å². The summed E-state index contributed by atoms with van der Waals surface area (Å²) in [6, 6.07) is 10.3. The fourth-order valence-electron chi connectivity index (χ4n) is 1.83. The molecule has 3 nitrogen and oxygen atoms in total. The fourth-order valence-corrected chi connectivity index (χ4v) is 1.83. The number of carbonyl (C=O) groups is 1. The fraction of sp³-hybridized carbons (Fsp3) is 0.500. The van der Waals surface area contributed by atoms with Crippen molar-refractivity contribution in [3.8, 4) is 0 Å². The maximum Gasteiger partial charge on any atom is 0.231 e. The third kappa shape index (κ3) is 5.50. The Morgan fingerprint density at radius 1 is 1.29 bits per heavy atom. The monoisotopic (exact) mass is 234 g/mol. The molecule has 0 aliphatic heterocycles. The van der Waals surface area contributed by atoms with Crippen LogP contribution in [-0.2, 0) is 4.79 Å². The molecule has 1 aromatic rings. The minimum atomic E-state index is -0.320. The van der Waals surface area contributed by atoms with Crippen LogP contribution in [0.4, 0.5) is 0 Å². The first-order valence-electron chi connectivity index (χ1n) is 5.95. The smallest absolute Gasteiger partial charge is 0.231 e. The standard InChI is InChI=1S/C14H22N2O/c1-14(2,3)9-12(16-10-13(15)17)11-7-5-4-6-8-11/h4-8,12,16H,9-10H2,1-3H3,(H2,15,17). The van der Waals surface area contributed by atoms with Crippen molar-refractivity contribution in [3.05, 3.63) is 35.9 Å². The van der Waals surface area contributed by atoms with E-state index in [9.17, 15) is 4.79 Å². The molecule has 1 rings (SSSR count). The number of nitrogens with two attached hydrogens (primary N) is 1. The molecule has 0 aromatic heterocycles. The van der Waals surface area contributed by atoms with Gasteiger partial charge in [-0.2, -0.15) is 0 Å². The van der Waals surface area contributed by atoms with Gasteiger partial charge in [0.05, 0.1) is 6.54 Å². The van der Waals surface area contributed by atoms with Crippen LogP contribution in [0, 0.1) is 5.41 Å². The summed E-state index contributed by atoms with van der Waals surface area (Å²) < 4.78 is 0. The lowest BCUT2D eigenvalue weighted by Crippen LogP contribution is -2.33. The van der Waals surface area contributed by atoms with Crippen LogP contribution in [0.25, 0.3) is 0 Å². The van der Waals surface area contributed by atoms with Crippen molar-refractivity contribution < 1.29 is 4.79 Å². The average molecular weight is 234 g/mol. The lowest BCUT2D eigenvalue weighted by Gasteiger charge is -2.27. The number of carbonyl (C=O) groups excluding carboxylic acids is 1. The highest BCUT2D eigenvalue weighted by atomic mass is 16.1. The molecule has 3 N–H and O–H groups in total. The second-order valence-electron chi connectivity index (χ2n) is 5.58. The molecule has 1 aromatic carbocycles. The Hall–Kier alpha value is -1.35. The van der Waals surface area contributed by atoms with E-state index >= 15 is 0 Å². The molecular weight excluding hydrogens is 212 g/mol. The number of amides is 1. The topological polar surface area (TPSA) is 55.1 Å². The van der Waals surface area contributed by atoms with Gasteiger partial charge >= 0.3 is 0 Å². The summed E-state index contributed by atoms with van der Waals surface area (Å²) in [5, 5.41) is 3.22. The summed E-state index contributed by atoms with van der Waals surface area (Å²) >= 11 is 0. The number of hydrogen-bond donors (Lipinski definition) is 2. The lowest BCUT2D eigenvalue weighted by atomic mass is 9.85. The van der Waals surface area contributed by atoms with Crippen molar-refractivity contribution in [2.75, 3.05) is 6.54 Å². The molecule has 0 radical (unpaired) electrons. The second-order valence-corrected chi connectivity index (χ2v) is 5.58. The molecule has 1 amide bonds. The van der Waals surface area contributed by atoms with Crippen LogP contribution in [0.2, 0.25) is 0 Å². The Balaban J connectivity index is 2.75. The predicted octanol–water partition coefficient (Wildman–Crippen LogP) is 2.24. The van der Waals surface area contributed by atoms with E-state index in [2.05, 4.69) is 38.2 Å². The van der Waals surface area contributed by atoms with Gasteiger partial charge in [0.15, 0.2) is 0 Å². The zero-order valence-corrected chi connectivity index (χ0v) is 10.9. The maximum absolute atomic E-state index is 10.9. The largest absolute Gasteiger partial charge is 0.369 e. The molecule has 0 aliphatic carbocycles. The Labute approximate surface area is 103 Å². The summed E-state index contributed by atoms with van der Waals surface area (Å²) in [7, 11) is 0. The first-order valence-corrected chi connectivity index (χ1v) is 5.95. The summed E-state index contributed by atoms with van der Waals surface area (Å²) in [6.45, 7) is 6.79. The van der Waals surface area contributed by atoms with E-state index in [-0.39, 0.29) is 23.9 Å². The van der Waals surface area contributed by atoms with Gasteiger partial charge in [-0.25, -0.2) is 0 Å². The van der Waals surface area contributed by atoms with E-state index in [0.29, 0.717) is 0 Å². The van der Waals surface area contributed by atoms with E-state index < -0.39 is 0 Å². The second kappa shape index (κ2) is 5.82. The van der Waals surface area contributed by atoms with Crippen LogP contribution in [-0.4, -0.2) is 12.5 Å². The molecule has 0 aliphatic rings. The number of rotatable bonds is 5. The first-order chi connectivity index (χ1) is 7.88. The van der Waals surface area contributed by atoms with E-state index in [1.165, 1.54) is 5.56 Å². The van der Waals surface area contributed by atoms with Gasteiger partial charge in [0.2, 0.25) is 5.91 Å². The van der Waals surface area contributed by atoms with Gasteiger partial charge in [0, 0.05) is 6.04 Å². The molecule has 3 heteroatoms. The SMILES string of the molecule is CC(C)(C)CC(NCC(N)=O)c1ccccc1. The van der Waals surface area contributed by atoms with E-state index in [4.69, 9.17) is 5.73 Å². The van der Waals surface area contributed by atoms with Gasteiger partial charge in [-0.3, -0.25) is 4.79 Å². The van der Waals surface area contributed by atoms with Crippen molar-refractivity contribution in [2.45, 2.75) is 33.2 Å². The number of primary amides is 1. The highest BCUT2D eigenvalue weighted by molar-refractivity contribution is 5.75. The van der Waals surface area contributed by atoms with Crippen LogP contribution < -0.4 is 11.1 Å². The van der Waals surface area contributed by atoms with E-state index in [1.54, 1.807) is 0 Å². The highest BCUT2D eigenvalue weighted by Crippen LogP contribution is 2.29. The Morgan fingerprint density at radius 3 is 2.35 bits per heavy atom. The minimum absolute atomic E-state index is 0.170. The van der Waals surface area contributed by atoms with Gasteiger partial charge in [0.25, 0.3) is 0 Å². The number of nitrogens with one attached hydrogen (secondary N) is 1. The van der Waals surface area contributed by atoms with Crippen molar-refractivity contribution in [2.24, 2.45) is 11.1 Å². The number of hydrogen-bond acceptors (Lipinski definition) is 2. The average Bonchev–Trinajstić information content (AvgIpc) is 2.24. The molecule has 0 spiro atoms. The van der Waals surface area contributed by atoms with Crippen LogP contribution in [0.3, 0.4) is 0 Å². The third-order valence-electron chi connectivity index (χ3n) is 2.54. The molecule has 0 saturated carbocycles. The van der Waals surface area contributed by atoms with E-state index in [0.717, 1.165) is 6.42 Å². The molecule has 0 heterocycles. The Kier molecular flexibility index (Phi) is 4.70. The zero-order chi connectivity index (χ0) is 12.9. The molecule has 0 bridgehead atoms. The Morgan fingerprint density at radius 2 is 1.88 bits per heavy atom. The molecular formula is C14H22N2O. The van der Waals surface area contributed by atoms with Crippen LogP contribution in [0.5, 0.6) is 0 Å². The quantitative estimate of drug-likeness (QED) is 0.821. The molecule has 17 heavy (non-hydrogen) atoms. The molecule has 0 fully saturated rings. The van der Waals surface area contributed by atoms with Crippen molar-refractivity contribution in [1.82, 2.24) is 5.32 Å². The van der Waals surface area contributed by atoms with Gasteiger partial charge in [-0.05, 0) is 17.4 Å². The summed E-state index contributed by atoms with van der Waals surface area (Å²) in [6.07, 6.45) is 0.963. The lowest BCUT2D eigenvalue weighted by molar-refractivity contribution is -0.117. The molecule has 0 saturated heterocycles. The summed E-state index contributed by atoms with van der Waals surface area (Å²) in [5.41, 5.74) is 6.58. The van der Waals surface area contributed by atoms with Crippen LogP contribution in [0.15, 0.2) is 30.3 Å². The minimum Gasteiger partial charge on any atom is -0.369 e. The predicted molar refractivity (Wildman–Crippen MR) is 70.5 cm³/mol. The third-order valence-corrected chi connectivity index (χ3v) is 2.54. The summed E-state index contributed by atoms with van der Waals surface area (Å²) in [5.74, 6) is -0.320. The number of benzene rings is 1. The van der Waals surface area contributed by atoms with Crippen molar-refractivity contribution in [3.63, 3.8) is 0 Å². The van der Waals surface area contributed by atoms with Gasteiger partial charge in [0.1, 0.15) is 0 Å². The van der Waals surface area contributed by atoms with Crippen LogP contribution in [0.1, 0.15) is 38.8 Å². The van der Waals surface area contributed by atoms with Gasteiger partial charge in [-0.1, -0.05) is 51.1 Å². The van der Waals surface area contributed by atoms with Crippen molar-refractivity contribution >= 4 is 5.91 Å². The first kappa shape index (κ1) is 13.7. The highest BCUT2D eigenvalue weighted by Gasteiger charge is 2.20. The summed E-state index contributed by atoms with van der Waals surface area (Å²) in [4.78, 5) is 10.9. The van der Waals surface area contributed by atoms with Gasteiger partial charge in [-0.15, -0.1) is 0 Å².